The molecule has 2 atom stereocenters. The van der Waals surface area contributed by atoms with Gasteiger partial charge in [-0.05, 0) is 19.8 Å². The highest BCUT2D eigenvalue weighted by Gasteiger charge is 1.97. The molecule has 0 bridgehead atoms. The average Bonchev–Trinajstić information content (AvgIpc) is 2.32. The normalized spacial score (nSPS) is 13.9. The van der Waals surface area contributed by atoms with E-state index in [9.17, 15) is 0 Å². The molecule has 2 N–H and O–H groups in total. The first kappa shape index (κ1) is 18.2. The van der Waals surface area contributed by atoms with E-state index in [0.717, 1.165) is 25.9 Å². The number of methoxy groups -OCH3 is 1. The Morgan fingerprint density at radius 3 is 2.00 bits per heavy atom. The molecule has 0 aromatic carbocycles. The molecule has 0 fully saturated rings. The third-order valence-corrected chi connectivity index (χ3v) is 2.15. The van der Waals surface area contributed by atoms with E-state index in [1.807, 2.05) is 13.8 Å². The number of hydrogen-bond acceptors (Lipinski definition) is 4. The number of aliphatic hydroxyl groups excluding tert-OH is 2. The predicted molar refractivity (Wildman–Crippen MR) is 65.6 cm³/mol. The Kier molecular flexibility index (Phi) is 16.9. The second kappa shape index (κ2) is 14.8. The van der Waals surface area contributed by atoms with Crippen LogP contribution in [0, 0.1) is 0 Å². The predicted octanol–water partition coefficient (Wildman–Crippen LogP) is 1.59. The Morgan fingerprint density at radius 2 is 1.75 bits per heavy atom. The lowest BCUT2D eigenvalue weighted by atomic mass is 10.3. The van der Waals surface area contributed by atoms with Crippen molar-refractivity contribution in [1.29, 1.82) is 0 Å². The molecule has 0 saturated heterocycles. The minimum absolute atomic E-state index is 0.0107. The summed E-state index contributed by atoms with van der Waals surface area (Å²) in [5, 5.41) is 16.9. The first-order chi connectivity index (χ1) is 7.65. The van der Waals surface area contributed by atoms with Gasteiger partial charge in [0.15, 0.2) is 0 Å². The highest BCUT2D eigenvalue weighted by molar-refractivity contribution is 4.47. The number of rotatable bonds is 8. The SMILES string of the molecule is CCC(CO)OC.CCCCOC(C)CO. The number of aliphatic hydroxyl groups is 2. The van der Waals surface area contributed by atoms with Crippen LogP contribution in [0.3, 0.4) is 0 Å². The zero-order chi connectivity index (χ0) is 12.8. The van der Waals surface area contributed by atoms with Crippen LogP contribution >= 0.6 is 0 Å². The van der Waals surface area contributed by atoms with Crippen molar-refractivity contribution < 1.29 is 19.7 Å². The second-order valence-corrected chi connectivity index (χ2v) is 3.67. The highest BCUT2D eigenvalue weighted by Crippen LogP contribution is 1.92. The zero-order valence-corrected chi connectivity index (χ0v) is 11.1. The Balaban J connectivity index is 0. The molecule has 0 aromatic rings. The van der Waals surface area contributed by atoms with Crippen molar-refractivity contribution in [3.8, 4) is 0 Å². The molecule has 0 aliphatic heterocycles. The van der Waals surface area contributed by atoms with Crippen LogP contribution in [-0.4, -0.2) is 49.4 Å². The molecule has 0 amide bonds. The molecule has 0 heterocycles. The summed E-state index contributed by atoms with van der Waals surface area (Å²) >= 11 is 0. The van der Waals surface area contributed by atoms with Crippen LogP contribution in [0.1, 0.15) is 40.0 Å². The molecule has 2 unspecified atom stereocenters. The van der Waals surface area contributed by atoms with Crippen LogP contribution in [0.4, 0.5) is 0 Å². The van der Waals surface area contributed by atoms with Gasteiger partial charge in [0.1, 0.15) is 0 Å². The minimum Gasteiger partial charge on any atom is -0.394 e. The highest BCUT2D eigenvalue weighted by atomic mass is 16.5. The molecular weight excluding hydrogens is 208 g/mol. The van der Waals surface area contributed by atoms with Crippen LogP contribution in [0.15, 0.2) is 0 Å². The van der Waals surface area contributed by atoms with Gasteiger partial charge in [0.05, 0.1) is 25.4 Å². The van der Waals surface area contributed by atoms with Gasteiger partial charge in [-0.25, -0.2) is 0 Å². The Hall–Kier alpha value is -0.160. The van der Waals surface area contributed by atoms with Crippen LogP contribution in [0.25, 0.3) is 0 Å². The first-order valence-corrected chi connectivity index (χ1v) is 6.02. The maximum atomic E-state index is 8.51. The van der Waals surface area contributed by atoms with Gasteiger partial charge in [-0.3, -0.25) is 0 Å². The van der Waals surface area contributed by atoms with E-state index in [-0.39, 0.29) is 25.4 Å². The van der Waals surface area contributed by atoms with Crippen molar-refractivity contribution >= 4 is 0 Å². The Morgan fingerprint density at radius 1 is 1.12 bits per heavy atom. The van der Waals surface area contributed by atoms with E-state index < -0.39 is 0 Å². The lowest BCUT2D eigenvalue weighted by Gasteiger charge is -2.07. The van der Waals surface area contributed by atoms with Crippen LogP contribution in [0.5, 0.6) is 0 Å². The third kappa shape index (κ3) is 13.8. The molecule has 0 rings (SSSR count). The molecule has 16 heavy (non-hydrogen) atoms. The molecular formula is C12H28O4. The van der Waals surface area contributed by atoms with E-state index in [1.54, 1.807) is 7.11 Å². The lowest BCUT2D eigenvalue weighted by molar-refractivity contribution is 0.0237. The summed E-state index contributed by atoms with van der Waals surface area (Å²) in [5.41, 5.74) is 0. The fourth-order valence-corrected chi connectivity index (χ4v) is 0.852. The minimum atomic E-state index is 0.0107. The summed E-state index contributed by atoms with van der Waals surface area (Å²) < 4.78 is 9.98. The molecule has 0 radical (unpaired) electrons. The topological polar surface area (TPSA) is 58.9 Å². The van der Waals surface area contributed by atoms with Gasteiger partial charge in [-0.2, -0.15) is 0 Å². The van der Waals surface area contributed by atoms with Crippen LogP contribution < -0.4 is 0 Å². The summed E-state index contributed by atoms with van der Waals surface area (Å²) in [6.07, 6.45) is 3.17. The number of hydrogen-bond donors (Lipinski definition) is 2. The molecule has 4 nitrogen and oxygen atoms in total. The smallest absolute Gasteiger partial charge is 0.0799 e. The van der Waals surface area contributed by atoms with Crippen molar-refractivity contribution in [2.24, 2.45) is 0 Å². The van der Waals surface area contributed by atoms with E-state index in [0.29, 0.717) is 0 Å². The Labute approximate surface area is 99.6 Å². The second-order valence-electron chi connectivity index (χ2n) is 3.67. The van der Waals surface area contributed by atoms with E-state index in [4.69, 9.17) is 19.7 Å². The van der Waals surface area contributed by atoms with Crippen molar-refractivity contribution in [2.75, 3.05) is 26.9 Å². The standard InChI is InChI=1S/C7H16O2.C5H12O2/c1-3-4-5-9-7(2)6-8;1-3-5(4-6)7-2/h7-8H,3-6H2,1-2H3;5-6H,3-4H2,1-2H3. The van der Waals surface area contributed by atoms with Crippen molar-refractivity contribution in [3.63, 3.8) is 0 Å². The van der Waals surface area contributed by atoms with Gasteiger partial charge in [-0.1, -0.05) is 20.3 Å². The third-order valence-electron chi connectivity index (χ3n) is 2.15. The van der Waals surface area contributed by atoms with E-state index in [2.05, 4.69) is 6.92 Å². The molecule has 0 aliphatic carbocycles. The van der Waals surface area contributed by atoms with Crippen molar-refractivity contribution in [2.45, 2.75) is 52.2 Å². The monoisotopic (exact) mass is 236 g/mol. The lowest BCUT2D eigenvalue weighted by Crippen LogP contribution is -2.13. The van der Waals surface area contributed by atoms with Crippen molar-refractivity contribution in [1.82, 2.24) is 0 Å². The maximum Gasteiger partial charge on any atom is 0.0799 e. The number of ether oxygens (including phenoxy) is 2. The molecule has 0 aromatic heterocycles. The van der Waals surface area contributed by atoms with Crippen LogP contribution in [0.2, 0.25) is 0 Å². The molecule has 0 saturated carbocycles. The average molecular weight is 236 g/mol. The summed E-state index contributed by atoms with van der Waals surface area (Å²) in [6, 6.07) is 0. The van der Waals surface area contributed by atoms with E-state index >= 15 is 0 Å². The van der Waals surface area contributed by atoms with Gasteiger partial charge >= 0.3 is 0 Å². The Bertz CT molecular complexity index is 110. The summed E-state index contributed by atoms with van der Waals surface area (Å²) in [7, 11) is 1.60. The van der Waals surface area contributed by atoms with Gasteiger partial charge < -0.3 is 19.7 Å². The largest absolute Gasteiger partial charge is 0.394 e. The zero-order valence-electron chi connectivity index (χ0n) is 11.1. The molecule has 100 valence electrons. The van der Waals surface area contributed by atoms with Gasteiger partial charge in [-0.15, -0.1) is 0 Å². The molecule has 0 spiro atoms. The van der Waals surface area contributed by atoms with Gasteiger partial charge in [0, 0.05) is 13.7 Å². The maximum absolute atomic E-state index is 8.51. The van der Waals surface area contributed by atoms with Gasteiger partial charge in [0.2, 0.25) is 0 Å². The fraction of sp³-hybridized carbons (Fsp3) is 1.00. The summed E-state index contributed by atoms with van der Waals surface area (Å²) in [4.78, 5) is 0. The van der Waals surface area contributed by atoms with Crippen LogP contribution in [-0.2, 0) is 9.47 Å². The van der Waals surface area contributed by atoms with E-state index in [1.165, 1.54) is 0 Å². The molecule has 4 heteroatoms. The fourth-order valence-electron chi connectivity index (χ4n) is 0.852. The quantitative estimate of drug-likeness (QED) is 0.628. The summed E-state index contributed by atoms with van der Waals surface area (Å²) in [5.74, 6) is 0. The number of unbranched alkanes of at least 4 members (excludes halogenated alkanes) is 1. The summed E-state index contributed by atoms with van der Waals surface area (Å²) in [6.45, 7) is 7.00. The first-order valence-electron chi connectivity index (χ1n) is 6.02. The van der Waals surface area contributed by atoms with Gasteiger partial charge in [0.25, 0.3) is 0 Å². The molecule has 0 aliphatic rings. The van der Waals surface area contributed by atoms with Crippen molar-refractivity contribution in [3.05, 3.63) is 0 Å².